The molecule has 2 heterocycles. The van der Waals surface area contributed by atoms with E-state index >= 15 is 0 Å². The Morgan fingerprint density at radius 2 is 1.89 bits per heavy atom. The Kier molecular flexibility index (Phi) is 5.78. The van der Waals surface area contributed by atoms with Crippen LogP contribution in [-0.4, -0.2) is 16.7 Å². The molecule has 0 bridgehead atoms. The smallest absolute Gasteiger partial charge is 0.272 e. The van der Waals surface area contributed by atoms with Crippen LogP contribution in [0.4, 0.5) is 0 Å². The number of nitrogens with zero attached hydrogens (tertiary/aromatic N) is 2. The van der Waals surface area contributed by atoms with Crippen LogP contribution in [0.25, 0.3) is 10.2 Å². The highest BCUT2D eigenvalue weighted by molar-refractivity contribution is 7.98. The summed E-state index contributed by atoms with van der Waals surface area (Å²) in [6.45, 7) is 0.615. The fourth-order valence-corrected chi connectivity index (χ4v) is 4.77. The van der Waals surface area contributed by atoms with Crippen molar-refractivity contribution in [2.75, 3.05) is 7.11 Å². The van der Waals surface area contributed by atoms with Crippen LogP contribution in [-0.2, 0) is 18.7 Å². The molecule has 0 saturated heterocycles. The molecule has 0 amide bonds. The second-order valence-electron chi connectivity index (χ2n) is 6.36. The van der Waals surface area contributed by atoms with Gasteiger partial charge in [-0.05, 0) is 41.1 Å². The lowest BCUT2D eigenvalue weighted by atomic mass is 10.1. The largest absolute Gasteiger partial charge is 0.497 e. The van der Waals surface area contributed by atoms with Crippen molar-refractivity contribution in [2.24, 2.45) is 0 Å². The average molecular weight is 409 g/mol. The molecule has 0 aliphatic heterocycles. The van der Waals surface area contributed by atoms with E-state index in [2.05, 4.69) is 18.2 Å². The van der Waals surface area contributed by atoms with Gasteiger partial charge in [0, 0.05) is 12.3 Å². The standard InChI is InChI=1S/C22H20N2O2S2/c1-26-18-9-5-8-17(14-18)15-28-22-23-19-11-13-27-20(19)21(25)24(22)12-10-16-6-3-2-4-7-16/h2-9,11,13-14H,10,12,15H2,1H3. The van der Waals surface area contributed by atoms with E-state index in [4.69, 9.17) is 9.72 Å². The van der Waals surface area contributed by atoms with Gasteiger partial charge in [0.15, 0.2) is 5.16 Å². The van der Waals surface area contributed by atoms with Gasteiger partial charge < -0.3 is 4.74 Å². The van der Waals surface area contributed by atoms with Crippen molar-refractivity contribution < 1.29 is 4.74 Å². The van der Waals surface area contributed by atoms with Crippen molar-refractivity contribution in [3.8, 4) is 5.75 Å². The third-order valence-corrected chi connectivity index (χ3v) is 6.44. The number of methoxy groups -OCH3 is 1. The van der Waals surface area contributed by atoms with Crippen molar-refractivity contribution in [3.63, 3.8) is 0 Å². The predicted octanol–water partition coefficient (Wildman–Crippen LogP) is 5.00. The van der Waals surface area contributed by atoms with Crippen LogP contribution in [0, 0.1) is 0 Å². The number of aromatic nitrogens is 2. The van der Waals surface area contributed by atoms with Gasteiger partial charge in [0.25, 0.3) is 5.56 Å². The van der Waals surface area contributed by atoms with E-state index in [0.717, 1.165) is 38.9 Å². The number of rotatable bonds is 7. The van der Waals surface area contributed by atoms with Gasteiger partial charge >= 0.3 is 0 Å². The van der Waals surface area contributed by atoms with Gasteiger partial charge in [-0.15, -0.1) is 11.3 Å². The number of thioether (sulfide) groups is 1. The maximum Gasteiger partial charge on any atom is 0.272 e. The Morgan fingerprint density at radius 1 is 1.07 bits per heavy atom. The zero-order valence-corrected chi connectivity index (χ0v) is 17.1. The molecular formula is C22H20N2O2S2. The maximum absolute atomic E-state index is 13.0. The monoisotopic (exact) mass is 408 g/mol. The van der Waals surface area contributed by atoms with Crippen LogP contribution in [0.15, 0.2) is 76.0 Å². The minimum atomic E-state index is 0.0454. The highest BCUT2D eigenvalue weighted by atomic mass is 32.2. The molecule has 0 aliphatic rings. The topological polar surface area (TPSA) is 44.1 Å². The van der Waals surface area contributed by atoms with E-state index in [9.17, 15) is 4.79 Å². The fraction of sp³-hybridized carbons (Fsp3) is 0.182. The second-order valence-corrected chi connectivity index (χ2v) is 8.22. The predicted molar refractivity (Wildman–Crippen MR) is 117 cm³/mol. The molecule has 28 heavy (non-hydrogen) atoms. The number of hydrogen-bond acceptors (Lipinski definition) is 5. The zero-order chi connectivity index (χ0) is 19.3. The summed E-state index contributed by atoms with van der Waals surface area (Å²) >= 11 is 3.04. The first-order valence-electron chi connectivity index (χ1n) is 9.02. The lowest BCUT2D eigenvalue weighted by molar-refractivity contribution is 0.414. The van der Waals surface area contributed by atoms with E-state index in [1.54, 1.807) is 18.9 Å². The molecule has 0 fully saturated rings. The lowest BCUT2D eigenvalue weighted by Gasteiger charge is -2.12. The van der Waals surface area contributed by atoms with Gasteiger partial charge in [-0.3, -0.25) is 9.36 Å². The van der Waals surface area contributed by atoms with Crippen LogP contribution in [0.1, 0.15) is 11.1 Å². The Morgan fingerprint density at radius 3 is 2.71 bits per heavy atom. The molecule has 2 aromatic carbocycles. The average Bonchev–Trinajstić information content (AvgIpc) is 3.21. The van der Waals surface area contributed by atoms with Crippen molar-refractivity contribution >= 4 is 33.3 Å². The summed E-state index contributed by atoms with van der Waals surface area (Å²) in [6.07, 6.45) is 0.798. The minimum absolute atomic E-state index is 0.0454. The maximum atomic E-state index is 13.0. The van der Waals surface area contributed by atoms with Crippen LogP contribution in [0.5, 0.6) is 5.75 Å². The Bertz CT molecular complexity index is 1140. The third kappa shape index (κ3) is 4.13. The highest BCUT2D eigenvalue weighted by Gasteiger charge is 2.13. The number of benzene rings is 2. The summed E-state index contributed by atoms with van der Waals surface area (Å²) in [4.78, 5) is 17.8. The van der Waals surface area contributed by atoms with E-state index in [1.165, 1.54) is 16.9 Å². The number of ether oxygens (including phenoxy) is 1. The lowest BCUT2D eigenvalue weighted by Crippen LogP contribution is -2.23. The Balaban J connectivity index is 1.62. The summed E-state index contributed by atoms with van der Waals surface area (Å²) in [5, 5.41) is 2.69. The number of aryl methyl sites for hydroxylation is 1. The quantitative estimate of drug-likeness (QED) is 0.319. The molecule has 142 valence electrons. The normalized spacial score (nSPS) is 11.0. The molecule has 0 saturated carbocycles. The van der Waals surface area contributed by atoms with E-state index in [-0.39, 0.29) is 5.56 Å². The molecular weight excluding hydrogens is 388 g/mol. The molecule has 2 aromatic heterocycles. The van der Waals surface area contributed by atoms with Gasteiger partial charge in [-0.25, -0.2) is 4.98 Å². The van der Waals surface area contributed by atoms with Crippen LogP contribution in [0.2, 0.25) is 0 Å². The highest BCUT2D eigenvalue weighted by Crippen LogP contribution is 2.25. The fourth-order valence-electron chi connectivity index (χ4n) is 3.03. The van der Waals surface area contributed by atoms with Crippen molar-refractivity contribution in [3.05, 3.63) is 87.5 Å². The molecule has 4 aromatic rings. The first-order valence-corrected chi connectivity index (χ1v) is 10.9. The molecule has 4 nitrogen and oxygen atoms in total. The molecule has 0 atom stereocenters. The van der Waals surface area contributed by atoms with E-state index in [1.807, 2.05) is 52.4 Å². The van der Waals surface area contributed by atoms with Gasteiger partial charge in [0.1, 0.15) is 10.4 Å². The van der Waals surface area contributed by atoms with Crippen molar-refractivity contribution in [1.82, 2.24) is 9.55 Å². The summed E-state index contributed by atoms with van der Waals surface area (Å²) in [7, 11) is 1.67. The molecule has 0 radical (unpaired) electrons. The minimum Gasteiger partial charge on any atom is -0.497 e. The first kappa shape index (κ1) is 18.8. The number of thiophene rings is 1. The zero-order valence-electron chi connectivity index (χ0n) is 15.5. The van der Waals surface area contributed by atoms with Gasteiger partial charge in [-0.2, -0.15) is 0 Å². The molecule has 6 heteroatoms. The van der Waals surface area contributed by atoms with E-state index < -0.39 is 0 Å². The Labute approximate surface area is 171 Å². The molecule has 0 aliphatic carbocycles. The van der Waals surface area contributed by atoms with Crippen LogP contribution in [0.3, 0.4) is 0 Å². The van der Waals surface area contributed by atoms with Crippen molar-refractivity contribution in [1.29, 1.82) is 0 Å². The number of hydrogen-bond donors (Lipinski definition) is 0. The summed E-state index contributed by atoms with van der Waals surface area (Å²) in [5.74, 6) is 1.56. The second kappa shape index (κ2) is 8.63. The molecule has 0 spiro atoms. The first-order chi connectivity index (χ1) is 13.7. The molecule has 4 rings (SSSR count). The summed E-state index contributed by atoms with van der Waals surface area (Å²) in [6, 6.07) is 20.1. The SMILES string of the molecule is COc1cccc(CSc2nc3ccsc3c(=O)n2CCc2ccccc2)c1. The number of fused-ring (bicyclic) bond motifs is 1. The Hall–Kier alpha value is -2.57. The van der Waals surface area contributed by atoms with Gasteiger partial charge in [0.05, 0.1) is 12.6 Å². The van der Waals surface area contributed by atoms with Crippen LogP contribution < -0.4 is 10.3 Å². The summed E-state index contributed by atoms with van der Waals surface area (Å²) < 4.78 is 7.84. The third-order valence-electron chi connectivity index (χ3n) is 4.50. The van der Waals surface area contributed by atoms with E-state index in [0.29, 0.717) is 6.54 Å². The molecule has 0 unspecified atom stereocenters. The van der Waals surface area contributed by atoms with Crippen molar-refractivity contribution in [2.45, 2.75) is 23.9 Å². The summed E-state index contributed by atoms with van der Waals surface area (Å²) in [5.41, 5.74) is 3.17. The van der Waals surface area contributed by atoms with Gasteiger partial charge in [0.2, 0.25) is 0 Å². The molecule has 0 N–H and O–H groups in total. The van der Waals surface area contributed by atoms with Gasteiger partial charge in [-0.1, -0.05) is 54.2 Å². The van der Waals surface area contributed by atoms with Crippen LogP contribution >= 0.6 is 23.1 Å².